The lowest BCUT2D eigenvalue weighted by atomic mass is 10.0. The van der Waals surface area contributed by atoms with Crippen LogP contribution in [-0.2, 0) is 0 Å². The van der Waals surface area contributed by atoms with E-state index in [0.717, 1.165) is 13.4 Å². The topological polar surface area (TPSA) is 0 Å². The van der Waals surface area contributed by atoms with Gasteiger partial charge in [0.25, 0.3) is 0 Å². The Morgan fingerprint density at radius 3 is 2.13 bits per heavy atom. The Labute approximate surface area is 113 Å². The van der Waals surface area contributed by atoms with Crippen LogP contribution in [0.2, 0.25) is 0 Å². The summed E-state index contributed by atoms with van der Waals surface area (Å²) >= 11 is 10.8. The molecule has 2 aromatic carbocycles. The first kappa shape index (κ1) is 10.1. The third-order valence-corrected chi connectivity index (χ3v) is 4.65. The van der Waals surface area contributed by atoms with Crippen LogP contribution in [0.3, 0.4) is 0 Å². The molecule has 0 bridgehead atoms. The standard InChI is InChI=1S/C12H5Br3/c13-9-4-3-8-11(15)5-10(14)7-2-1-6(9)12(7)8/h1-5H. The summed E-state index contributed by atoms with van der Waals surface area (Å²) in [6, 6.07) is 6.33. The zero-order valence-corrected chi connectivity index (χ0v) is 12.3. The number of hydrogen-bond donors (Lipinski definition) is 0. The normalized spacial score (nSPS) is 12.7. The van der Waals surface area contributed by atoms with Gasteiger partial charge in [-0.1, -0.05) is 66.0 Å². The van der Waals surface area contributed by atoms with Gasteiger partial charge in [0.2, 0.25) is 0 Å². The van der Waals surface area contributed by atoms with Gasteiger partial charge >= 0.3 is 0 Å². The van der Waals surface area contributed by atoms with Crippen molar-refractivity contribution in [3.63, 3.8) is 0 Å². The number of benzene rings is 2. The third kappa shape index (κ3) is 1.37. The van der Waals surface area contributed by atoms with Crippen molar-refractivity contribution in [1.29, 1.82) is 0 Å². The average Bonchev–Trinajstić information content (AvgIpc) is 2.62. The maximum absolute atomic E-state index is 3.60. The fourth-order valence-electron chi connectivity index (χ4n) is 1.96. The molecule has 0 radical (unpaired) electrons. The highest BCUT2D eigenvalue weighted by Gasteiger charge is 2.16. The first-order valence-corrected chi connectivity index (χ1v) is 6.84. The van der Waals surface area contributed by atoms with Crippen LogP contribution in [0.5, 0.6) is 0 Å². The predicted molar refractivity (Wildman–Crippen MR) is 76.0 cm³/mol. The van der Waals surface area contributed by atoms with Crippen molar-refractivity contribution in [1.82, 2.24) is 0 Å². The molecule has 0 aromatic heterocycles. The van der Waals surface area contributed by atoms with Crippen LogP contribution < -0.4 is 0 Å². The summed E-state index contributed by atoms with van der Waals surface area (Å²) in [5.41, 5.74) is 2.54. The van der Waals surface area contributed by atoms with Gasteiger partial charge in [-0.05, 0) is 34.0 Å². The maximum atomic E-state index is 3.60. The summed E-state index contributed by atoms with van der Waals surface area (Å²) in [6.45, 7) is 0. The van der Waals surface area contributed by atoms with Crippen molar-refractivity contribution in [3.8, 4) is 0 Å². The van der Waals surface area contributed by atoms with Crippen molar-refractivity contribution in [2.24, 2.45) is 0 Å². The molecule has 0 amide bonds. The molecule has 1 aliphatic carbocycles. The Hall–Kier alpha value is -0.120. The molecular formula is C12H5Br3. The molecule has 0 N–H and O–H groups in total. The quantitative estimate of drug-likeness (QED) is 0.469. The highest BCUT2D eigenvalue weighted by Crippen LogP contribution is 2.42. The van der Waals surface area contributed by atoms with Gasteiger partial charge in [-0.25, -0.2) is 0 Å². The zero-order valence-electron chi connectivity index (χ0n) is 7.52. The van der Waals surface area contributed by atoms with Gasteiger partial charge in [-0.15, -0.1) is 0 Å². The van der Waals surface area contributed by atoms with Crippen molar-refractivity contribution >= 4 is 70.7 Å². The first-order chi connectivity index (χ1) is 7.18. The van der Waals surface area contributed by atoms with Crippen LogP contribution in [0, 0.1) is 0 Å². The van der Waals surface area contributed by atoms with Crippen molar-refractivity contribution in [3.05, 3.63) is 42.7 Å². The molecule has 0 unspecified atom stereocenters. The van der Waals surface area contributed by atoms with E-state index in [-0.39, 0.29) is 0 Å². The summed E-state index contributed by atoms with van der Waals surface area (Å²) in [5, 5.41) is 2.57. The van der Waals surface area contributed by atoms with Gasteiger partial charge in [-0.2, -0.15) is 0 Å². The Balaban J connectivity index is 2.62. The number of halogens is 3. The average molecular weight is 389 g/mol. The molecule has 0 aliphatic heterocycles. The molecule has 0 fully saturated rings. The fraction of sp³-hybridized carbons (Fsp3) is 0. The summed E-state index contributed by atoms with van der Waals surface area (Å²) in [4.78, 5) is 0. The van der Waals surface area contributed by atoms with Gasteiger partial charge in [0.05, 0.1) is 0 Å². The van der Waals surface area contributed by atoms with Crippen LogP contribution in [0.15, 0.2) is 31.6 Å². The van der Waals surface area contributed by atoms with Gasteiger partial charge in [0, 0.05) is 13.4 Å². The summed E-state index contributed by atoms with van der Waals surface area (Å²) in [6.07, 6.45) is 4.30. The van der Waals surface area contributed by atoms with Crippen molar-refractivity contribution < 1.29 is 0 Å². The fourth-order valence-corrected chi connectivity index (χ4v) is 3.85. The zero-order chi connectivity index (χ0) is 10.6. The molecule has 15 heavy (non-hydrogen) atoms. The highest BCUT2D eigenvalue weighted by atomic mass is 79.9. The van der Waals surface area contributed by atoms with Gasteiger partial charge in [0.1, 0.15) is 0 Å². The number of hydrogen-bond acceptors (Lipinski definition) is 0. The number of rotatable bonds is 0. The van der Waals surface area contributed by atoms with Crippen molar-refractivity contribution in [2.45, 2.75) is 0 Å². The van der Waals surface area contributed by atoms with E-state index in [1.165, 1.54) is 21.9 Å². The predicted octanol–water partition coefficient (Wildman–Crippen LogP) is 5.61. The maximum Gasteiger partial charge on any atom is 0.0265 e. The van der Waals surface area contributed by atoms with E-state index in [9.17, 15) is 0 Å². The summed E-state index contributed by atoms with van der Waals surface area (Å²) in [5.74, 6) is 0. The lowest BCUT2D eigenvalue weighted by molar-refractivity contribution is 1.62. The second-order valence-electron chi connectivity index (χ2n) is 3.47. The van der Waals surface area contributed by atoms with Crippen LogP contribution in [0.25, 0.3) is 22.9 Å². The van der Waals surface area contributed by atoms with E-state index in [0.29, 0.717) is 0 Å². The minimum absolute atomic E-state index is 1.13. The summed E-state index contributed by atoms with van der Waals surface area (Å²) < 4.78 is 3.41. The van der Waals surface area contributed by atoms with E-state index < -0.39 is 0 Å². The molecule has 0 nitrogen and oxygen atoms in total. The van der Waals surface area contributed by atoms with Gasteiger partial charge < -0.3 is 0 Å². The lowest BCUT2D eigenvalue weighted by Gasteiger charge is -2.07. The second kappa shape index (κ2) is 3.44. The Morgan fingerprint density at radius 2 is 1.40 bits per heavy atom. The SMILES string of the molecule is Brc1ccc2c(Br)cc(Br)c3c2c1C=C3. The van der Waals surface area contributed by atoms with Gasteiger partial charge in [-0.3, -0.25) is 0 Å². The molecular weight excluding hydrogens is 384 g/mol. The molecule has 0 spiro atoms. The smallest absolute Gasteiger partial charge is 0.0265 e. The molecule has 3 rings (SSSR count). The molecule has 3 heteroatoms. The second-order valence-corrected chi connectivity index (χ2v) is 6.03. The minimum atomic E-state index is 1.13. The third-order valence-electron chi connectivity index (χ3n) is 2.65. The largest absolute Gasteiger partial charge is 0.0525 e. The van der Waals surface area contributed by atoms with Crippen LogP contribution >= 0.6 is 47.8 Å². The Kier molecular flexibility index (Phi) is 2.31. The first-order valence-electron chi connectivity index (χ1n) is 4.47. The summed E-state index contributed by atoms with van der Waals surface area (Å²) in [7, 11) is 0. The van der Waals surface area contributed by atoms with Gasteiger partial charge in [0.15, 0.2) is 0 Å². The van der Waals surface area contributed by atoms with Crippen LogP contribution in [-0.4, -0.2) is 0 Å². The molecule has 74 valence electrons. The highest BCUT2D eigenvalue weighted by molar-refractivity contribution is 9.11. The monoisotopic (exact) mass is 386 g/mol. The lowest BCUT2D eigenvalue weighted by Crippen LogP contribution is -1.83. The van der Waals surface area contributed by atoms with Crippen molar-refractivity contribution in [2.75, 3.05) is 0 Å². The van der Waals surface area contributed by atoms with E-state index in [2.05, 4.69) is 78.1 Å². The Bertz CT molecular complexity index is 600. The van der Waals surface area contributed by atoms with Crippen LogP contribution in [0.4, 0.5) is 0 Å². The van der Waals surface area contributed by atoms with E-state index in [4.69, 9.17) is 0 Å². The molecule has 0 heterocycles. The van der Waals surface area contributed by atoms with E-state index in [1.807, 2.05) is 0 Å². The molecule has 0 saturated carbocycles. The molecule has 1 aliphatic rings. The Morgan fingerprint density at radius 1 is 0.733 bits per heavy atom. The molecule has 0 saturated heterocycles. The molecule has 0 atom stereocenters. The van der Waals surface area contributed by atoms with E-state index >= 15 is 0 Å². The molecule has 2 aromatic rings. The van der Waals surface area contributed by atoms with Crippen LogP contribution in [0.1, 0.15) is 11.1 Å². The van der Waals surface area contributed by atoms with E-state index in [1.54, 1.807) is 0 Å². The minimum Gasteiger partial charge on any atom is -0.0525 e.